The number of carbonyl (C=O) groups excluding carboxylic acids is 1. The minimum Gasteiger partial charge on any atom is -0.462 e. The summed E-state index contributed by atoms with van der Waals surface area (Å²) in [6.45, 7) is 6.27. The van der Waals surface area contributed by atoms with Gasteiger partial charge in [0, 0.05) is 19.8 Å². The van der Waals surface area contributed by atoms with E-state index in [-0.39, 0.29) is 0 Å². The van der Waals surface area contributed by atoms with Crippen LogP contribution in [-0.2, 0) is 11.8 Å². The molecule has 0 fully saturated rings. The summed E-state index contributed by atoms with van der Waals surface area (Å²) in [5, 5.41) is 7.44. The number of aromatic nitrogens is 3. The second kappa shape index (κ2) is 5.51. The van der Waals surface area contributed by atoms with Gasteiger partial charge in [-0.05, 0) is 6.92 Å². The van der Waals surface area contributed by atoms with Crippen LogP contribution < -0.4 is 5.32 Å². The fraction of sp³-hybridized carbons (Fsp3) is 0.308. The highest BCUT2D eigenvalue weighted by Gasteiger charge is 2.18. The predicted octanol–water partition coefficient (Wildman–Crippen LogP) is 1.74. The number of ether oxygens (including phenoxy) is 1. The molecule has 6 nitrogen and oxygen atoms in total. The molecule has 0 atom stereocenters. The van der Waals surface area contributed by atoms with Crippen LogP contribution in [0.25, 0.3) is 11.0 Å². The van der Waals surface area contributed by atoms with Gasteiger partial charge in [0.15, 0.2) is 0 Å². The number of pyridine rings is 1. The summed E-state index contributed by atoms with van der Waals surface area (Å²) in [5.74, 6) is -0.408. The number of hydrogen-bond donors (Lipinski definition) is 1. The van der Waals surface area contributed by atoms with E-state index in [4.69, 9.17) is 4.74 Å². The van der Waals surface area contributed by atoms with Crippen molar-refractivity contribution >= 4 is 22.7 Å². The number of hydrogen-bond acceptors (Lipinski definition) is 5. The van der Waals surface area contributed by atoms with E-state index in [1.807, 2.05) is 7.05 Å². The highest BCUT2D eigenvalue weighted by atomic mass is 16.5. The third kappa shape index (κ3) is 2.57. The average molecular weight is 260 g/mol. The Morgan fingerprint density at radius 2 is 2.42 bits per heavy atom. The van der Waals surface area contributed by atoms with Crippen LogP contribution in [0.3, 0.4) is 0 Å². The van der Waals surface area contributed by atoms with Crippen LogP contribution in [0.2, 0.25) is 0 Å². The SMILES string of the molecule is C=CCNc1c(C(=O)OCC)cnc2cn(C)nc12. The number of anilines is 1. The average Bonchev–Trinajstić information content (AvgIpc) is 2.76. The van der Waals surface area contributed by atoms with Crippen LogP contribution in [-0.4, -0.2) is 33.9 Å². The molecule has 0 radical (unpaired) electrons. The van der Waals surface area contributed by atoms with Crippen LogP contribution in [0.4, 0.5) is 5.69 Å². The molecule has 2 aromatic heterocycles. The van der Waals surface area contributed by atoms with E-state index in [0.29, 0.717) is 29.9 Å². The number of aryl methyl sites for hydroxylation is 1. The maximum atomic E-state index is 11.9. The lowest BCUT2D eigenvalue weighted by Gasteiger charge is -2.10. The number of esters is 1. The Morgan fingerprint density at radius 1 is 1.63 bits per heavy atom. The molecule has 2 rings (SSSR count). The molecule has 0 bridgehead atoms. The van der Waals surface area contributed by atoms with E-state index in [1.54, 1.807) is 23.9 Å². The molecular formula is C13H16N4O2. The molecule has 0 amide bonds. The van der Waals surface area contributed by atoms with Crippen molar-refractivity contribution in [3.8, 4) is 0 Å². The van der Waals surface area contributed by atoms with Gasteiger partial charge in [-0.1, -0.05) is 6.08 Å². The van der Waals surface area contributed by atoms with Crippen molar-refractivity contribution in [2.45, 2.75) is 6.92 Å². The van der Waals surface area contributed by atoms with E-state index < -0.39 is 5.97 Å². The van der Waals surface area contributed by atoms with E-state index in [2.05, 4.69) is 22.0 Å². The maximum absolute atomic E-state index is 11.9. The molecule has 0 saturated carbocycles. The van der Waals surface area contributed by atoms with E-state index in [1.165, 1.54) is 6.20 Å². The lowest BCUT2D eigenvalue weighted by Crippen LogP contribution is -2.11. The van der Waals surface area contributed by atoms with Gasteiger partial charge in [-0.2, -0.15) is 5.10 Å². The smallest absolute Gasteiger partial charge is 0.341 e. The molecule has 2 heterocycles. The number of nitrogens with zero attached hydrogens (tertiary/aromatic N) is 3. The minimum atomic E-state index is -0.408. The summed E-state index contributed by atoms with van der Waals surface area (Å²) in [4.78, 5) is 16.1. The first-order chi connectivity index (χ1) is 9.17. The van der Waals surface area contributed by atoms with Crippen molar-refractivity contribution in [1.82, 2.24) is 14.8 Å². The van der Waals surface area contributed by atoms with Gasteiger partial charge in [0.25, 0.3) is 0 Å². The molecule has 6 heteroatoms. The molecule has 0 aliphatic rings. The summed E-state index contributed by atoms with van der Waals surface area (Å²) in [7, 11) is 1.81. The summed E-state index contributed by atoms with van der Waals surface area (Å²) in [5.41, 5.74) is 2.39. The zero-order valence-electron chi connectivity index (χ0n) is 11.0. The van der Waals surface area contributed by atoms with Crippen molar-refractivity contribution < 1.29 is 9.53 Å². The lowest BCUT2D eigenvalue weighted by atomic mass is 10.2. The van der Waals surface area contributed by atoms with Crippen molar-refractivity contribution in [3.63, 3.8) is 0 Å². The molecule has 0 aromatic carbocycles. The fourth-order valence-electron chi connectivity index (χ4n) is 1.79. The van der Waals surface area contributed by atoms with Gasteiger partial charge in [0.1, 0.15) is 16.6 Å². The largest absolute Gasteiger partial charge is 0.462 e. The summed E-state index contributed by atoms with van der Waals surface area (Å²) < 4.78 is 6.68. The topological polar surface area (TPSA) is 69.0 Å². The van der Waals surface area contributed by atoms with Crippen LogP contribution in [0.1, 0.15) is 17.3 Å². The monoisotopic (exact) mass is 260 g/mol. The van der Waals surface area contributed by atoms with Crippen molar-refractivity contribution in [1.29, 1.82) is 0 Å². The van der Waals surface area contributed by atoms with E-state index in [0.717, 1.165) is 5.52 Å². The van der Waals surface area contributed by atoms with Crippen LogP contribution in [0.15, 0.2) is 25.0 Å². The maximum Gasteiger partial charge on any atom is 0.341 e. The Labute approximate surface area is 111 Å². The highest BCUT2D eigenvalue weighted by molar-refractivity contribution is 6.03. The zero-order chi connectivity index (χ0) is 13.8. The molecule has 0 unspecified atom stereocenters. The van der Waals surface area contributed by atoms with E-state index in [9.17, 15) is 4.79 Å². The fourth-order valence-corrected chi connectivity index (χ4v) is 1.79. The minimum absolute atomic E-state index is 0.319. The van der Waals surface area contributed by atoms with E-state index >= 15 is 0 Å². The van der Waals surface area contributed by atoms with Crippen molar-refractivity contribution in [2.24, 2.45) is 7.05 Å². The Morgan fingerprint density at radius 3 is 3.11 bits per heavy atom. The first-order valence-corrected chi connectivity index (χ1v) is 6.01. The Hall–Kier alpha value is -2.37. The second-order valence-electron chi connectivity index (χ2n) is 3.97. The first kappa shape index (κ1) is 13.1. The van der Waals surface area contributed by atoms with Crippen molar-refractivity contribution in [3.05, 3.63) is 30.6 Å². The van der Waals surface area contributed by atoms with Gasteiger partial charge in [-0.3, -0.25) is 9.67 Å². The van der Waals surface area contributed by atoms with Gasteiger partial charge < -0.3 is 10.1 Å². The summed E-state index contributed by atoms with van der Waals surface area (Å²) in [6, 6.07) is 0. The Balaban J connectivity index is 2.54. The van der Waals surface area contributed by atoms with Crippen LogP contribution in [0.5, 0.6) is 0 Å². The standard InChI is InChI=1S/C13H16N4O2/c1-4-6-14-11-9(13(18)19-5-2)7-15-10-8-17(3)16-12(10)11/h4,7-8,14H,1,5-6H2,2-3H3. The van der Waals surface area contributed by atoms with Crippen LogP contribution >= 0.6 is 0 Å². The third-order valence-electron chi connectivity index (χ3n) is 2.57. The number of carbonyl (C=O) groups is 1. The molecule has 1 N–H and O–H groups in total. The number of fused-ring (bicyclic) bond motifs is 1. The van der Waals surface area contributed by atoms with Gasteiger partial charge in [-0.15, -0.1) is 6.58 Å². The molecule has 19 heavy (non-hydrogen) atoms. The molecule has 0 saturated heterocycles. The van der Waals surface area contributed by atoms with Gasteiger partial charge in [-0.25, -0.2) is 4.79 Å². The first-order valence-electron chi connectivity index (χ1n) is 6.01. The Bertz CT molecular complexity index is 618. The predicted molar refractivity (Wildman–Crippen MR) is 73.2 cm³/mol. The van der Waals surface area contributed by atoms with Gasteiger partial charge in [0.2, 0.25) is 0 Å². The molecule has 100 valence electrons. The number of rotatable bonds is 5. The third-order valence-corrected chi connectivity index (χ3v) is 2.57. The molecule has 0 aliphatic carbocycles. The number of nitrogens with one attached hydrogen (secondary N) is 1. The van der Waals surface area contributed by atoms with Crippen molar-refractivity contribution in [2.75, 3.05) is 18.5 Å². The quantitative estimate of drug-likeness (QED) is 0.655. The molecule has 0 aliphatic heterocycles. The molecule has 0 spiro atoms. The summed E-state index contributed by atoms with van der Waals surface area (Å²) >= 11 is 0. The Kier molecular flexibility index (Phi) is 3.79. The highest BCUT2D eigenvalue weighted by Crippen LogP contribution is 2.25. The molecular weight excluding hydrogens is 244 g/mol. The zero-order valence-corrected chi connectivity index (χ0v) is 11.0. The van der Waals surface area contributed by atoms with Crippen LogP contribution in [0, 0.1) is 0 Å². The van der Waals surface area contributed by atoms with Gasteiger partial charge >= 0.3 is 5.97 Å². The second-order valence-corrected chi connectivity index (χ2v) is 3.97. The normalized spacial score (nSPS) is 10.4. The molecule has 2 aromatic rings. The lowest BCUT2D eigenvalue weighted by molar-refractivity contribution is 0.0527. The summed E-state index contributed by atoms with van der Waals surface area (Å²) in [6.07, 6.45) is 5.01. The van der Waals surface area contributed by atoms with Gasteiger partial charge in [0.05, 0.1) is 18.5 Å².